The molecule has 0 unspecified atom stereocenters. The van der Waals surface area contributed by atoms with E-state index in [1.54, 1.807) is 28.9 Å². The highest BCUT2D eigenvalue weighted by Gasteiger charge is 2.18. The van der Waals surface area contributed by atoms with E-state index < -0.39 is 0 Å². The van der Waals surface area contributed by atoms with Crippen LogP contribution in [0.2, 0.25) is 0 Å². The highest BCUT2D eigenvalue weighted by atomic mass is 16.3. The second-order valence-corrected chi connectivity index (χ2v) is 5.65. The quantitative estimate of drug-likeness (QED) is 0.761. The van der Waals surface area contributed by atoms with Crippen LogP contribution in [0.5, 0.6) is 0 Å². The van der Waals surface area contributed by atoms with Gasteiger partial charge in [0.15, 0.2) is 0 Å². The third-order valence-corrected chi connectivity index (χ3v) is 3.86. The van der Waals surface area contributed by atoms with Gasteiger partial charge in [0.05, 0.1) is 24.4 Å². The van der Waals surface area contributed by atoms with Crippen molar-refractivity contribution in [1.29, 1.82) is 5.26 Å². The van der Waals surface area contributed by atoms with Crippen LogP contribution >= 0.6 is 0 Å². The number of nitrogens with zero attached hydrogens (tertiary/aromatic N) is 5. The third kappa shape index (κ3) is 3.61. The van der Waals surface area contributed by atoms with E-state index in [4.69, 9.17) is 5.26 Å². The Labute approximate surface area is 150 Å². The second kappa shape index (κ2) is 7.59. The van der Waals surface area contributed by atoms with Gasteiger partial charge in [-0.3, -0.25) is 14.4 Å². The number of anilines is 1. The summed E-state index contributed by atoms with van der Waals surface area (Å²) in [7, 11) is 1.85. The summed E-state index contributed by atoms with van der Waals surface area (Å²) in [5.74, 6) is 0.112. The second-order valence-electron chi connectivity index (χ2n) is 5.65. The molecule has 2 aromatic heterocycles. The summed E-state index contributed by atoms with van der Waals surface area (Å²) in [4.78, 5) is 18.4. The fourth-order valence-corrected chi connectivity index (χ4v) is 2.54. The molecule has 3 rings (SSSR count). The minimum absolute atomic E-state index is 0.111. The van der Waals surface area contributed by atoms with E-state index in [2.05, 4.69) is 10.1 Å². The first-order chi connectivity index (χ1) is 12.6. The van der Waals surface area contributed by atoms with Crippen LogP contribution < -0.4 is 4.90 Å². The zero-order valence-corrected chi connectivity index (χ0v) is 14.2. The number of aryl methyl sites for hydroxylation is 1. The van der Waals surface area contributed by atoms with E-state index in [0.29, 0.717) is 16.9 Å². The summed E-state index contributed by atoms with van der Waals surface area (Å²) in [5.41, 5.74) is 2.62. The zero-order chi connectivity index (χ0) is 18.5. The monoisotopic (exact) mass is 347 g/mol. The number of amides is 1. The molecule has 0 aliphatic heterocycles. The standard InChI is InChI=1S/C19H17N5O2/c1-23-9-8-17(22-23)15-3-5-16(6-4-15)19(26)24(10-11-25)18-7-2-14(12-20)13-21-18/h2-9,13,25H,10-11H2,1H3. The van der Waals surface area contributed by atoms with Crippen molar-refractivity contribution < 1.29 is 9.90 Å². The molecule has 1 amide bonds. The van der Waals surface area contributed by atoms with Gasteiger partial charge in [-0.2, -0.15) is 10.4 Å². The van der Waals surface area contributed by atoms with Gasteiger partial charge in [0.1, 0.15) is 11.9 Å². The minimum atomic E-state index is -0.274. The number of hydrogen-bond acceptors (Lipinski definition) is 5. The van der Waals surface area contributed by atoms with Crippen LogP contribution in [-0.2, 0) is 7.05 Å². The van der Waals surface area contributed by atoms with Crippen LogP contribution in [0.15, 0.2) is 54.9 Å². The maximum absolute atomic E-state index is 12.8. The third-order valence-electron chi connectivity index (χ3n) is 3.86. The number of aromatic nitrogens is 3. The van der Waals surface area contributed by atoms with E-state index in [-0.39, 0.29) is 19.1 Å². The van der Waals surface area contributed by atoms with E-state index >= 15 is 0 Å². The molecule has 0 radical (unpaired) electrons. The number of carbonyl (C=O) groups is 1. The van der Waals surface area contributed by atoms with Gasteiger partial charge in [0.2, 0.25) is 0 Å². The Morgan fingerprint density at radius 2 is 2.00 bits per heavy atom. The normalized spacial score (nSPS) is 10.3. The number of aliphatic hydroxyl groups excluding tert-OH is 1. The summed E-state index contributed by atoms with van der Waals surface area (Å²) in [5, 5.41) is 22.5. The Morgan fingerprint density at radius 1 is 1.23 bits per heavy atom. The topological polar surface area (TPSA) is 95.0 Å². The lowest BCUT2D eigenvalue weighted by atomic mass is 10.1. The predicted molar refractivity (Wildman–Crippen MR) is 96.4 cm³/mol. The van der Waals surface area contributed by atoms with Crippen molar-refractivity contribution in [2.24, 2.45) is 7.05 Å². The number of benzene rings is 1. The van der Waals surface area contributed by atoms with Crippen LogP contribution in [0, 0.1) is 11.3 Å². The van der Waals surface area contributed by atoms with Gasteiger partial charge in [-0.15, -0.1) is 0 Å². The van der Waals surface area contributed by atoms with Gasteiger partial charge in [-0.1, -0.05) is 12.1 Å². The zero-order valence-electron chi connectivity index (χ0n) is 14.2. The number of rotatable bonds is 5. The smallest absolute Gasteiger partial charge is 0.259 e. The largest absolute Gasteiger partial charge is 0.395 e. The molecule has 0 spiro atoms. The maximum Gasteiger partial charge on any atom is 0.259 e. The Kier molecular flexibility index (Phi) is 5.06. The van der Waals surface area contributed by atoms with Crippen molar-refractivity contribution in [3.05, 3.63) is 66.0 Å². The van der Waals surface area contributed by atoms with Gasteiger partial charge in [-0.05, 0) is 30.3 Å². The van der Waals surface area contributed by atoms with Crippen LogP contribution in [-0.4, -0.2) is 38.9 Å². The maximum atomic E-state index is 12.8. The van der Waals surface area contributed by atoms with Crippen LogP contribution in [0.1, 0.15) is 15.9 Å². The van der Waals surface area contributed by atoms with Crippen molar-refractivity contribution in [2.45, 2.75) is 0 Å². The lowest BCUT2D eigenvalue weighted by molar-refractivity contribution is 0.0980. The average molecular weight is 347 g/mol. The van der Waals surface area contributed by atoms with E-state index in [9.17, 15) is 9.90 Å². The molecule has 0 aliphatic rings. The summed E-state index contributed by atoms with van der Waals surface area (Å²) >= 11 is 0. The Hall–Kier alpha value is -3.50. The Bertz CT molecular complexity index is 939. The van der Waals surface area contributed by atoms with Gasteiger partial charge < -0.3 is 5.11 Å². The summed E-state index contributed by atoms with van der Waals surface area (Å²) in [6.07, 6.45) is 3.26. The average Bonchev–Trinajstić information content (AvgIpc) is 3.12. The number of carbonyl (C=O) groups excluding carboxylic acids is 1. The molecule has 3 aromatic rings. The SMILES string of the molecule is Cn1ccc(-c2ccc(C(=O)N(CCO)c3ccc(C#N)cn3)cc2)n1. The fraction of sp³-hybridized carbons (Fsp3) is 0.158. The molecule has 0 bridgehead atoms. The van der Waals surface area contributed by atoms with Gasteiger partial charge >= 0.3 is 0 Å². The van der Waals surface area contributed by atoms with Crippen molar-refractivity contribution >= 4 is 11.7 Å². The van der Waals surface area contributed by atoms with Crippen molar-refractivity contribution in [3.63, 3.8) is 0 Å². The molecule has 7 heteroatoms. The van der Waals surface area contributed by atoms with Gasteiger partial charge in [0.25, 0.3) is 5.91 Å². The highest BCUT2D eigenvalue weighted by Crippen LogP contribution is 2.20. The number of pyridine rings is 1. The predicted octanol–water partition coefficient (Wildman–Crippen LogP) is 1.99. The van der Waals surface area contributed by atoms with Crippen molar-refractivity contribution in [2.75, 3.05) is 18.1 Å². The van der Waals surface area contributed by atoms with Gasteiger partial charge in [0, 0.05) is 30.6 Å². The van der Waals surface area contributed by atoms with Crippen LogP contribution in [0.4, 0.5) is 5.82 Å². The molecular formula is C19H17N5O2. The molecule has 130 valence electrons. The highest BCUT2D eigenvalue weighted by molar-refractivity contribution is 6.05. The van der Waals surface area contributed by atoms with E-state index in [1.807, 2.05) is 37.5 Å². The van der Waals surface area contributed by atoms with Crippen LogP contribution in [0.3, 0.4) is 0 Å². The molecule has 1 N–H and O–H groups in total. The van der Waals surface area contributed by atoms with Crippen molar-refractivity contribution in [1.82, 2.24) is 14.8 Å². The minimum Gasteiger partial charge on any atom is -0.395 e. The van der Waals surface area contributed by atoms with E-state index in [1.165, 1.54) is 11.1 Å². The molecule has 26 heavy (non-hydrogen) atoms. The molecule has 0 saturated heterocycles. The fourth-order valence-electron chi connectivity index (χ4n) is 2.54. The van der Waals surface area contributed by atoms with Crippen molar-refractivity contribution in [3.8, 4) is 17.3 Å². The summed E-state index contributed by atoms with van der Waals surface area (Å²) < 4.78 is 1.72. The first-order valence-electron chi connectivity index (χ1n) is 8.01. The lowest BCUT2D eigenvalue weighted by Gasteiger charge is -2.21. The van der Waals surface area contributed by atoms with Gasteiger partial charge in [-0.25, -0.2) is 4.98 Å². The Morgan fingerprint density at radius 3 is 2.54 bits per heavy atom. The molecule has 0 saturated carbocycles. The molecule has 0 fully saturated rings. The van der Waals surface area contributed by atoms with Crippen LogP contribution in [0.25, 0.3) is 11.3 Å². The molecular weight excluding hydrogens is 330 g/mol. The number of aliphatic hydroxyl groups is 1. The first-order valence-corrected chi connectivity index (χ1v) is 8.01. The summed E-state index contributed by atoms with van der Waals surface area (Å²) in [6, 6.07) is 14.2. The molecule has 0 aliphatic carbocycles. The summed E-state index contributed by atoms with van der Waals surface area (Å²) in [6.45, 7) is -0.0842. The van der Waals surface area contributed by atoms with E-state index in [0.717, 1.165) is 11.3 Å². The number of hydrogen-bond donors (Lipinski definition) is 1. The lowest BCUT2D eigenvalue weighted by Crippen LogP contribution is -2.34. The molecule has 2 heterocycles. The number of nitriles is 1. The Balaban J connectivity index is 1.85. The first kappa shape index (κ1) is 17.3. The molecule has 0 atom stereocenters. The molecule has 1 aromatic carbocycles. The molecule has 7 nitrogen and oxygen atoms in total.